The van der Waals surface area contributed by atoms with E-state index in [9.17, 15) is 4.79 Å². The molecule has 31 heavy (non-hydrogen) atoms. The number of anilines is 1. The quantitative estimate of drug-likeness (QED) is 0.442. The second kappa shape index (κ2) is 9.40. The van der Waals surface area contributed by atoms with E-state index in [2.05, 4.69) is 10.3 Å². The lowest BCUT2D eigenvalue weighted by Crippen LogP contribution is -2.14. The number of rotatable bonds is 7. The Labute approximate surface area is 184 Å². The average Bonchev–Trinajstić information content (AvgIpc) is 3.30. The number of carbonyl (C=O) groups excluding carboxylic acids is 1. The summed E-state index contributed by atoms with van der Waals surface area (Å²) in [5, 5.41) is 5.91. The molecule has 0 spiro atoms. The van der Waals surface area contributed by atoms with Crippen LogP contribution >= 0.6 is 11.3 Å². The van der Waals surface area contributed by atoms with Crippen LogP contribution in [0.4, 0.5) is 5.69 Å². The Morgan fingerprint density at radius 2 is 1.77 bits per heavy atom. The third-order valence-corrected chi connectivity index (χ3v) is 5.58. The fourth-order valence-electron chi connectivity index (χ4n) is 3.17. The number of nitrogens with one attached hydrogen (secondary N) is 1. The van der Waals surface area contributed by atoms with E-state index in [0.717, 1.165) is 33.1 Å². The van der Waals surface area contributed by atoms with Crippen molar-refractivity contribution in [2.45, 2.75) is 6.42 Å². The highest BCUT2D eigenvalue weighted by Gasteiger charge is 2.11. The van der Waals surface area contributed by atoms with Crippen LogP contribution in [0, 0.1) is 0 Å². The largest absolute Gasteiger partial charge is 0.493 e. The Bertz CT molecular complexity index is 1190. The number of hydrogen-bond donors (Lipinski definition) is 1. The SMILES string of the molecule is COc1ccc(CC(=O)Nc2cccc(-c3csc(-c4ccncc4)n3)c2)cc1OC. The Hall–Kier alpha value is -3.71. The second-order valence-corrected chi connectivity index (χ2v) is 7.63. The van der Waals surface area contributed by atoms with Gasteiger partial charge < -0.3 is 14.8 Å². The molecule has 0 fully saturated rings. The van der Waals surface area contributed by atoms with Gasteiger partial charge in [-0.3, -0.25) is 9.78 Å². The van der Waals surface area contributed by atoms with Gasteiger partial charge in [-0.2, -0.15) is 0 Å². The molecular weight excluding hydrogens is 410 g/mol. The molecule has 0 radical (unpaired) electrons. The number of nitrogens with zero attached hydrogens (tertiary/aromatic N) is 2. The number of aromatic nitrogens is 2. The number of ether oxygens (including phenoxy) is 2. The van der Waals surface area contributed by atoms with Crippen LogP contribution in [0.15, 0.2) is 72.4 Å². The average molecular weight is 432 g/mol. The van der Waals surface area contributed by atoms with Crippen molar-refractivity contribution in [1.82, 2.24) is 9.97 Å². The van der Waals surface area contributed by atoms with E-state index in [4.69, 9.17) is 14.5 Å². The molecule has 0 saturated heterocycles. The maximum Gasteiger partial charge on any atom is 0.228 e. The summed E-state index contributed by atoms with van der Waals surface area (Å²) in [6, 6.07) is 17.0. The van der Waals surface area contributed by atoms with Crippen molar-refractivity contribution in [3.05, 3.63) is 77.9 Å². The van der Waals surface area contributed by atoms with Gasteiger partial charge in [-0.05, 0) is 42.0 Å². The van der Waals surface area contributed by atoms with Crippen LogP contribution in [-0.2, 0) is 11.2 Å². The van der Waals surface area contributed by atoms with Gasteiger partial charge in [0.25, 0.3) is 0 Å². The molecule has 0 aliphatic carbocycles. The van der Waals surface area contributed by atoms with E-state index in [-0.39, 0.29) is 12.3 Å². The second-order valence-electron chi connectivity index (χ2n) is 6.77. The van der Waals surface area contributed by atoms with Crippen LogP contribution in [0.1, 0.15) is 5.56 Å². The first-order chi connectivity index (χ1) is 15.2. The molecule has 4 aromatic rings. The van der Waals surface area contributed by atoms with E-state index >= 15 is 0 Å². The maximum atomic E-state index is 12.6. The minimum atomic E-state index is -0.111. The van der Waals surface area contributed by atoms with E-state index in [1.54, 1.807) is 44.0 Å². The summed E-state index contributed by atoms with van der Waals surface area (Å²) in [5.74, 6) is 1.12. The summed E-state index contributed by atoms with van der Waals surface area (Å²) in [5.41, 5.74) is 4.41. The molecule has 0 saturated carbocycles. The highest BCUT2D eigenvalue weighted by molar-refractivity contribution is 7.13. The standard InChI is InChI=1S/C24H21N3O3S/c1-29-21-7-6-16(12-22(21)30-2)13-23(28)26-19-5-3-4-18(14-19)20-15-31-24(27-20)17-8-10-25-11-9-17/h3-12,14-15H,13H2,1-2H3,(H,26,28). The summed E-state index contributed by atoms with van der Waals surface area (Å²) in [6.45, 7) is 0. The zero-order valence-electron chi connectivity index (χ0n) is 17.2. The predicted octanol–water partition coefficient (Wildman–Crippen LogP) is 5.07. The van der Waals surface area contributed by atoms with Crippen molar-refractivity contribution in [1.29, 1.82) is 0 Å². The molecule has 0 aliphatic rings. The van der Waals surface area contributed by atoms with Gasteiger partial charge in [0.2, 0.25) is 5.91 Å². The molecule has 6 nitrogen and oxygen atoms in total. The number of carbonyl (C=O) groups is 1. The van der Waals surface area contributed by atoms with Crippen molar-refractivity contribution in [3.63, 3.8) is 0 Å². The monoisotopic (exact) mass is 431 g/mol. The normalized spacial score (nSPS) is 10.5. The fraction of sp³-hybridized carbons (Fsp3) is 0.125. The van der Waals surface area contributed by atoms with Crippen molar-refractivity contribution in [2.24, 2.45) is 0 Å². The summed E-state index contributed by atoms with van der Waals surface area (Å²) < 4.78 is 10.6. The number of thiazole rings is 1. The molecule has 2 aromatic heterocycles. The Morgan fingerprint density at radius 1 is 0.968 bits per heavy atom. The maximum absolute atomic E-state index is 12.6. The lowest BCUT2D eigenvalue weighted by atomic mass is 10.1. The zero-order valence-corrected chi connectivity index (χ0v) is 18.0. The van der Waals surface area contributed by atoms with Gasteiger partial charge in [0.05, 0.1) is 26.3 Å². The zero-order chi connectivity index (χ0) is 21.6. The van der Waals surface area contributed by atoms with Crippen LogP contribution in [0.3, 0.4) is 0 Å². The topological polar surface area (TPSA) is 73.3 Å². The first-order valence-corrected chi connectivity index (χ1v) is 10.5. The van der Waals surface area contributed by atoms with Crippen LogP contribution < -0.4 is 14.8 Å². The lowest BCUT2D eigenvalue weighted by Gasteiger charge is -2.10. The molecule has 156 valence electrons. The molecule has 0 bridgehead atoms. The summed E-state index contributed by atoms with van der Waals surface area (Å²) >= 11 is 1.58. The van der Waals surface area contributed by atoms with Gasteiger partial charge in [0, 0.05) is 34.6 Å². The Balaban J connectivity index is 1.46. The molecule has 2 heterocycles. The van der Waals surface area contributed by atoms with Gasteiger partial charge >= 0.3 is 0 Å². The highest BCUT2D eigenvalue weighted by atomic mass is 32.1. The van der Waals surface area contributed by atoms with Crippen molar-refractivity contribution >= 4 is 22.9 Å². The third-order valence-electron chi connectivity index (χ3n) is 4.69. The fourth-order valence-corrected chi connectivity index (χ4v) is 4.01. The molecule has 1 N–H and O–H groups in total. The van der Waals surface area contributed by atoms with Gasteiger partial charge in [-0.15, -0.1) is 11.3 Å². The molecule has 0 atom stereocenters. The Morgan fingerprint density at radius 3 is 2.55 bits per heavy atom. The van der Waals surface area contributed by atoms with Crippen LogP contribution in [0.25, 0.3) is 21.8 Å². The van der Waals surface area contributed by atoms with Crippen LogP contribution in [0.2, 0.25) is 0 Å². The first kappa shape index (κ1) is 20.6. The van der Waals surface area contributed by atoms with Crippen molar-refractivity contribution in [3.8, 4) is 33.3 Å². The third kappa shape index (κ3) is 4.90. The molecule has 2 aromatic carbocycles. The summed E-state index contributed by atoms with van der Waals surface area (Å²) in [6.07, 6.45) is 3.74. The highest BCUT2D eigenvalue weighted by Crippen LogP contribution is 2.30. The number of pyridine rings is 1. The minimum absolute atomic E-state index is 0.111. The van der Waals surface area contributed by atoms with E-state index < -0.39 is 0 Å². The molecule has 7 heteroatoms. The van der Waals surface area contributed by atoms with E-state index in [0.29, 0.717) is 11.5 Å². The smallest absolute Gasteiger partial charge is 0.228 e. The predicted molar refractivity (Wildman–Crippen MR) is 123 cm³/mol. The van der Waals surface area contributed by atoms with Gasteiger partial charge in [0.1, 0.15) is 5.01 Å². The van der Waals surface area contributed by atoms with Gasteiger partial charge in [0.15, 0.2) is 11.5 Å². The summed E-state index contributed by atoms with van der Waals surface area (Å²) in [7, 11) is 3.16. The van der Waals surface area contributed by atoms with E-state index in [1.165, 1.54) is 0 Å². The molecule has 1 amide bonds. The minimum Gasteiger partial charge on any atom is -0.493 e. The van der Waals surface area contributed by atoms with E-state index in [1.807, 2.05) is 53.9 Å². The number of hydrogen-bond acceptors (Lipinski definition) is 6. The van der Waals surface area contributed by atoms with Gasteiger partial charge in [-0.1, -0.05) is 18.2 Å². The molecule has 0 aliphatic heterocycles. The summed E-state index contributed by atoms with van der Waals surface area (Å²) in [4.78, 5) is 21.3. The first-order valence-electron chi connectivity index (χ1n) is 9.63. The molecule has 0 unspecified atom stereocenters. The Kier molecular flexibility index (Phi) is 6.24. The number of methoxy groups -OCH3 is 2. The van der Waals surface area contributed by atoms with Gasteiger partial charge in [-0.25, -0.2) is 4.98 Å². The molecule has 4 rings (SSSR count). The van der Waals surface area contributed by atoms with Crippen molar-refractivity contribution < 1.29 is 14.3 Å². The number of amides is 1. The van der Waals surface area contributed by atoms with Crippen molar-refractivity contribution in [2.75, 3.05) is 19.5 Å². The van der Waals surface area contributed by atoms with Crippen LogP contribution in [-0.4, -0.2) is 30.1 Å². The number of benzene rings is 2. The van der Waals surface area contributed by atoms with Crippen LogP contribution in [0.5, 0.6) is 11.5 Å². The lowest BCUT2D eigenvalue weighted by molar-refractivity contribution is -0.115. The molecular formula is C24H21N3O3S.